The molecular formula is C10H8F3NO2. The van der Waals surface area contributed by atoms with Crippen LogP contribution < -0.4 is 0 Å². The van der Waals surface area contributed by atoms with Crippen LogP contribution in [0.5, 0.6) is 0 Å². The maximum Gasteiger partial charge on any atom is 0.398 e. The van der Waals surface area contributed by atoms with E-state index >= 15 is 0 Å². The summed E-state index contributed by atoms with van der Waals surface area (Å²) in [5.41, 5.74) is -2.21. The fourth-order valence-corrected chi connectivity index (χ4v) is 1.71. The normalized spacial score (nSPS) is 18.2. The first kappa shape index (κ1) is 10.9. The lowest BCUT2D eigenvalue weighted by atomic mass is 9.95. The highest BCUT2D eigenvalue weighted by Gasteiger charge is 2.64. The molecule has 0 saturated heterocycles. The van der Waals surface area contributed by atoms with Gasteiger partial charge in [0.15, 0.2) is 0 Å². The Balaban J connectivity index is 2.42. The van der Waals surface area contributed by atoms with Crippen LogP contribution in [0.25, 0.3) is 0 Å². The third-order valence-electron chi connectivity index (χ3n) is 2.82. The predicted molar refractivity (Wildman–Crippen MR) is 48.2 cm³/mol. The van der Waals surface area contributed by atoms with E-state index in [-0.39, 0.29) is 24.1 Å². The number of carbonyl (C=O) groups is 1. The van der Waals surface area contributed by atoms with E-state index in [0.717, 1.165) is 12.3 Å². The average molecular weight is 231 g/mol. The van der Waals surface area contributed by atoms with Crippen LogP contribution in [-0.2, 0) is 5.41 Å². The molecular weight excluding hydrogens is 223 g/mol. The van der Waals surface area contributed by atoms with Crippen LogP contribution in [0, 0.1) is 0 Å². The van der Waals surface area contributed by atoms with Gasteiger partial charge in [0, 0.05) is 6.20 Å². The second-order valence-electron chi connectivity index (χ2n) is 3.81. The predicted octanol–water partition coefficient (Wildman–Crippen LogP) is 2.37. The SMILES string of the molecule is O=C(O)c1cc(C2(C(F)(F)F)CC2)ccn1. The van der Waals surface area contributed by atoms with Crippen LogP contribution in [0.15, 0.2) is 18.3 Å². The molecule has 0 aromatic carbocycles. The van der Waals surface area contributed by atoms with Gasteiger partial charge in [-0.15, -0.1) is 0 Å². The number of carboxylic acid groups (broad SMARTS) is 1. The fraction of sp³-hybridized carbons (Fsp3) is 0.400. The number of aromatic carboxylic acids is 1. The zero-order valence-electron chi connectivity index (χ0n) is 8.08. The number of hydrogen-bond donors (Lipinski definition) is 1. The van der Waals surface area contributed by atoms with Crippen molar-refractivity contribution in [1.82, 2.24) is 4.98 Å². The zero-order valence-corrected chi connectivity index (χ0v) is 8.08. The van der Waals surface area contributed by atoms with Crippen LogP contribution >= 0.6 is 0 Å². The Morgan fingerprint density at radius 3 is 2.50 bits per heavy atom. The van der Waals surface area contributed by atoms with Gasteiger partial charge in [-0.1, -0.05) is 0 Å². The van der Waals surface area contributed by atoms with Gasteiger partial charge < -0.3 is 5.11 Å². The summed E-state index contributed by atoms with van der Waals surface area (Å²) in [7, 11) is 0. The van der Waals surface area contributed by atoms with Crippen molar-refractivity contribution < 1.29 is 23.1 Å². The van der Waals surface area contributed by atoms with Gasteiger partial charge >= 0.3 is 12.1 Å². The average Bonchev–Trinajstić information content (AvgIpc) is 2.97. The summed E-state index contributed by atoms with van der Waals surface area (Å²) in [4.78, 5) is 14.1. The van der Waals surface area contributed by atoms with Gasteiger partial charge in [0.1, 0.15) is 5.69 Å². The first-order valence-corrected chi connectivity index (χ1v) is 4.63. The molecule has 1 heterocycles. The van der Waals surface area contributed by atoms with Crippen LogP contribution in [0.4, 0.5) is 13.2 Å². The van der Waals surface area contributed by atoms with Crippen LogP contribution in [-0.4, -0.2) is 22.2 Å². The molecule has 0 atom stereocenters. The molecule has 1 N–H and O–H groups in total. The van der Waals surface area contributed by atoms with Crippen molar-refractivity contribution in [2.24, 2.45) is 0 Å². The molecule has 1 aliphatic carbocycles. The van der Waals surface area contributed by atoms with Crippen molar-refractivity contribution in [1.29, 1.82) is 0 Å². The van der Waals surface area contributed by atoms with Gasteiger partial charge in [0.2, 0.25) is 0 Å². The zero-order chi connectivity index (χ0) is 12.0. The Hall–Kier alpha value is -1.59. The number of rotatable bonds is 2. The number of hydrogen-bond acceptors (Lipinski definition) is 2. The number of pyridine rings is 1. The van der Waals surface area contributed by atoms with Crippen molar-refractivity contribution in [2.45, 2.75) is 24.4 Å². The van der Waals surface area contributed by atoms with E-state index in [4.69, 9.17) is 5.11 Å². The molecule has 1 saturated carbocycles. The highest BCUT2D eigenvalue weighted by atomic mass is 19.4. The molecule has 6 heteroatoms. The highest BCUT2D eigenvalue weighted by Crippen LogP contribution is 2.58. The Bertz CT molecular complexity index is 438. The van der Waals surface area contributed by atoms with E-state index in [2.05, 4.69) is 4.98 Å². The quantitative estimate of drug-likeness (QED) is 0.850. The highest BCUT2D eigenvalue weighted by molar-refractivity contribution is 5.85. The van der Waals surface area contributed by atoms with Crippen LogP contribution in [0.2, 0.25) is 0 Å². The van der Waals surface area contributed by atoms with Gasteiger partial charge in [-0.05, 0) is 30.5 Å². The van der Waals surface area contributed by atoms with E-state index in [9.17, 15) is 18.0 Å². The first-order valence-electron chi connectivity index (χ1n) is 4.63. The van der Waals surface area contributed by atoms with E-state index in [1.54, 1.807) is 0 Å². The standard InChI is InChI=1S/C10H8F3NO2/c11-10(12,13)9(2-3-9)6-1-4-14-7(5-6)8(15)16/h1,4-5H,2-3H2,(H,15,16). The molecule has 0 unspecified atom stereocenters. The Morgan fingerprint density at radius 1 is 1.44 bits per heavy atom. The maximum atomic E-state index is 12.7. The molecule has 1 aromatic rings. The number of alkyl halides is 3. The van der Waals surface area contributed by atoms with Crippen molar-refractivity contribution in [3.05, 3.63) is 29.6 Å². The molecule has 0 bridgehead atoms. The molecule has 0 spiro atoms. The minimum atomic E-state index is -4.33. The van der Waals surface area contributed by atoms with E-state index in [1.165, 1.54) is 6.07 Å². The summed E-state index contributed by atoms with van der Waals surface area (Å²) in [5.74, 6) is -1.32. The van der Waals surface area contributed by atoms with Crippen molar-refractivity contribution >= 4 is 5.97 Å². The second-order valence-corrected chi connectivity index (χ2v) is 3.81. The molecule has 0 amide bonds. The Morgan fingerprint density at radius 2 is 2.06 bits per heavy atom. The van der Waals surface area contributed by atoms with Gasteiger partial charge in [-0.2, -0.15) is 13.2 Å². The molecule has 3 nitrogen and oxygen atoms in total. The monoisotopic (exact) mass is 231 g/mol. The lowest BCUT2D eigenvalue weighted by Crippen LogP contribution is -2.28. The van der Waals surface area contributed by atoms with Gasteiger partial charge in [0.25, 0.3) is 0 Å². The largest absolute Gasteiger partial charge is 0.477 e. The minimum absolute atomic E-state index is 0.00704. The summed E-state index contributed by atoms with van der Waals surface area (Å²) in [6, 6.07) is 2.23. The topological polar surface area (TPSA) is 50.2 Å². The van der Waals surface area contributed by atoms with E-state index in [0.29, 0.717) is 0 Å². The minimum Gasteiger partial charge on any atom is -0.477 e. The lowest BCUT2D eigenvalue weighted by molar-refractivity contribution is -0.160. The molecule has 0 aliphatic heterocycles. The summed E-state index contributed by atoms with van der Waals surface area (Å²) in [6.45, 7) is 0. The molecule has 1 fully saturated rings. The summed E-state index contributed by atoms with van der Waals surface area (Å²) < 4.78 is 38.2. The Labute approximate surface area is 88.9 Å². The molecule has 86 valence electrons. The van der Waals surface area contributed by atoms with Gasteiger partial charge in [-0.25, -0.2) is 9.78 Å². The summed E-state index contributed by atoms with van der Waals surface area (Å²) in [6.07, 6.45) is -3.20. The molecule has 0 radical (unpaired) electrons. The van der Waals surface area contributed by atoms with Gasteiger partial charge in [0.05, 0.1) is 5.41 Å². The number of carboxylic acids is 1. The van der Waals surface area contributed by atoms with E-state index < -0.39 is 17.6 Å². The third-order valence-corrected chi connectivity index (χ3v) is 2.82. The van der Waals surface area contributed by atoms with E-state index in [1.807, 2.05) is 0 Å². The van der Waals surface area contributed by atoms with Gasteiger partial charge in [-0.3, -0.25) is 0 Å². The third kappa shape index (κ3) is 1.54. The fourth-order valence-electron chi connectivity index (χ4n) is 1.71. The summed E-state index contributed by atoms with van der Waals surface area (Å²) in [5, 5.41) is 8.65. The molecule has 1 aromatic heterocycles. The van der Waals surface area contributed by atoms with Crippen molar-refractivity contribution in [3.8, 4) is 0 Å². The Kier molecular flexibility index (Phi) is 2.18. The smallest absolute Gasteiger partial charge is 0.398 e. The second kappa shape index (κ2) is 3.20. The molecule has 2 rings (SSSR count). The van der Waals surface area contributed by atoms with Crippen molar-refractivity contribution in [2.75, 3.05) is 0 Å². The number of aromatic nitrogens is 1. The molecule has 16 heavy (non-hydrogen) atoms. The number of nitrogens with zero attached hydrogens (tertiary/aromatic N) is 1. The first-order chi connectivity index (χ1) is 7.37. The lowest BCUT2D eigenvalue weighted by Gasteiger charge is -2.19. The van der Waals surface area contributed by atoms with Crippen LogP contribution in [0.1, 0.15) is 28.9 Å². The van der Waals surface area contributed by atoms with Crippen LogP contribution in [0.3, 0.4) is 0 Å². The summed E-state index contributed by atoms with van der Waals surface area (Å²) >= 11 is 0. The maximum absolute atomic E-state index is 12.7. The molecule has 1 aliphatic rings. The van der Waals surface area contributed by atoms with Crippen molar-refractivity contribution in [3.63, 3.8) is 0 Å². The number of halogens is 3.